The van der Waals surface area contributed by atoms with Crippen LogP contribution in [0.4, 0.5) is 11.4 Å². The summed E-state index contributed by atoms with van der Waals surface area (Å²) in [5, 5.41) is 0. The number of rotatable bonds is 5. The van der Waals surface area contributed by atoms with E-state index in [1.165, 1.54) is 95.0 Å². The van der Waals surface area contributed by atoms with Crippen LogP contribution in [0.25, 0.3) is 27.8 Å². The highest BCUT2D eigenvalue weighted by atomic mass is 15.2. The van der Waals surface area contributed by atoms with Crippen LogP contribution in [-0.4, -0.2) is 0 Å². The summed E-state index contributed by atoms with van der Waals surface area (Å²) in [6.45, 7) is 9.54. The fraction of sp³-hybridized carbons (Fsp3) is 0.143. The number of fused-ring (bicyclic) bond motifs is 8. The molecule has 0 spiro atoms. The zero-order chi connectivity index (χ0) is 38.5. The molecule has 0 saturated heterocycles. The number of anilines is 2. The molecular formula is C56H45N. The quantitative estimate of drug-likeness (QED) is 0.170. The summed E-state index contributed by atoms with van der Waals surface area (Å²) in [5.74, 6) is 0. The van der Waals surface area contributed by atoms with Crippen molar-refractivity contribution in [2.24, 2.45) is 0 Å². The molecule has 0 saturated carbocycles. The van der Waals surface area contributed by atoms with Crippen molar-refractivity contribution in [1.29, 1.82) is 0 Å². The van der Waals surface area contributed by atoms with E-state index in [0.29, 0.717) is 0 Å². The molecule has 11 rings (SSSR count). The Morgan fingerprint density at radius 1 is 0.421 bits per heavy atom. The Morgan fingerprint density at radius 2 is 0.860 bits per heavy atom. The molecule has 57 heavy (non-hydrogen) atoms. The van der Waals surface area contributed by atoms with Crippen LogP contribution in [0.1, 0.15) is 78.6 Å². The first-order valence-electron chi connectivity index (χ1n) is 20.4. The second kappa shape index (κ2) is 12.3. The van der Waals surface area contributed by atoms with Crippen molar-refractivity contribution in [1.82, 2.24) is 0 Å². The van der Waals surface area contributed by atoms with E-state index in [4.69, 9.17) is 0 Å². The summed E-state index contributed by atoms with van der Waals surface area (Å²) in [4.78, 5) is 2.58. The monoisotopic (exact) mass is 731 g/mol. The zero-order valence-corrected chi connectivity index (χ0v) is 33.1. The summed E-state index contributed by atoms with van der Waals surface area (Å²) in [7, 11) is 0. The Labute approximate surface area is 337 Å². The van der Waals surface area contributed by atoms with E-state index < -0.39 is 5.41 Å². The Kier molecular flexibility index (Phi) is 7.29. The SMILES string of the molecule is CC1(C)c2ccccc2-c2ccc(N(C3=CC=CCC4=C3c3ccccc3C4(c3ccccc3)c3ccccc3)c3ccc4c(c3)C(C)(C)c3ccccc3-4)cc21. The van der Waals surface area contributed by atoms with Crippen molar-refractivity contribution < 1.29 is 0 Å². The molecule has 0 aromatic heterocycles. The van der Waals surface area contributed by atoms with E-state index in [2.05, 4.69) is 221 Å². The van der Waals surface area contributed by atoms with Crippen molar-refractivity contribution in [2.45, 2.75) is 50.4 Å². The second-order valence-electron chi connectivity index (χ2n) is 17.2. The fourth-order valence-electron chi connectivity index (χ4n) is 11.0. The molecule has 1 nitrogen and oxygen atoms in total. The highest BCUT2D eigenvalue weighted by Gasteiger charge is 2.49. The van der Waals surface area contributed by atoms with E-state index in [0.717, 1.165) is 6.42 Å². The lowest BCUT2D eigenvalue weighted by atomic mass is 9.66. The van der Waals surface area contributed by atoms with Crippen LogP contribution in [0.5, 0.6) is 0 Å². The van der Waals surface area contributed by atoms with Crippen LogP contribution in [0.15, 0.2) is 199 Å². The van der Waals surface area contributed by atoms with Gasteiger partial charge in [-0.15, -0.1) is 0 Å². The van der Waals surface area contributed by atoms with Gasteiger partial charge in [0.2, 0.25) is 0 Å². The highest BCUT2D eigenvalue weighted by molar-refractivity contribution is 5.99. The summed E-state index contributed by atoms with van der Waals surface area (Å²) in [5.41, 5.74) is 21.6. The smallest absolute Gasteiger partial charge is 0.0680 e. The van der Waals surface area contributed by atoms with Gasteiger partial charge in [0.1, 0.15) is 0 Å². The van der Waals surface area contributed by atoms with Crippen LogP contribution in [-0.2, 0) is 16.2 Å². The average Bonchev–Trinajstić information content (AvgIpc) is 3.67. The standard InChI is InChI=1S/C56H45N/c1-54(2)46-26-14-11-23-41(46)43-33-31-39(35-50(43)54)57(40-32-34-44-42-24-12-15-27-47(42)55(3,4)51(44)36-40)52-30-18-17-29-49-53(52)45-25-13-16-28-48(45)56(49,37-19-7-5-8-20-37)38-21-9-6-10-22-38/h5-28,30-36H,29H2,1-4H3. The van der Waals surface area contributed by atoms with Gasteiger partial charge in [-0.25, -0.2) is 0 Å². The molecule has 7 aromatic rings. The number of nitrogens with zero attached hydrogens (tertiary/aromatic N) is 1. The maximum Gasteiger partial charge on any atom is 0.0680 e. The van der Waals surface area contributed by atoms with Gasteiger partial charge >= 0.3 is 0 Å². The molecule has 7 aromatic carbocycles. The normalized spacial score (nSPS) is 17.1. The van der Waals surface area contributed by atoms with Crippen molar-refractivity contribution in [3.05, 3.63) is 244 Å². The first-order valence-corrected chi connectivity index (χ1v) is 20.4. The Hall–Kier alpha value is -6.44. The first-order chi connectivity index (χ1) is 27.8. The minimum absolute atomic E-state index is 0.132. The van der Waals surface area contributed by atoms with Gasteiger partial charge < -0.3 is 4.90 Å². The van der Waals surface area contributed by atoms with Crippen LogP contribution in [0.3, 0.4) is 0 Å². The third-order valence-corrected chi connectivity index (χ3v) is 13.6. The Morgan fingerprint density at radius 3 is 1.39 bits per heavy atom. The van der Waals surface area contributed by atoms with Gasteiger partial charge in [0.15, 0.2) is 0 Å². The first kappa shape index (κ1) is 33.9. The van der Waals surface area contributed by atoms with Crippen LogP contribution < -0.4 is 4.90 Å². The third kappa shape index (κ3) is 4.63. The molecule has 0 heterocycles. The minimum Gasteiger partial charge on any atom is -0.310 e. The predicted molar refractivity (Wildman–Crippen MR) is 238 cm³/mol. The van der Waals surface area contributed by atoms with Gasteiger partial charge in [-0.05, 0) is 109 Å². The summed E-state index contributed by atoms with van der Waals surface area (Å²) in [6, 6.07) is 64.0. The third-order valence-electron chi connectivity index (χ3n) is 13.6. The summed E-state index contributed by atoms with van der Waals surface area (Å²) < 4.78 is 0. The molecule has 0 aliphatic heterocycles. The highest BCUT2D eigenvalue weighted by Crippen LogP contribution is 2.60. The average molecular weight is 732 g/mol. The van der Waals surface area contributed by atoms with Crippen molar-refractivity contribution in [2.75, 3.05) is 4.90 Å². The van der Waals surface area contributed by atoms with Gasteiger partial charge in [0, 0.05) is 27.8 Å². The Balaban J connectivity index is 1.20. The van der Waals surface area contributed by atoms with E-state index in [9.17, 15) is 0 Å². The number of allylic oxidation sites excluding steroid dienone is 5. The van der Waals surface area contributed by atoms with Gasteiger partial charge in [-0.3, -0.25) is 0 Å². The molecule has 0 amide bonds. The molecule has 0 radical (unpaired) electrons. The van der Waals surface area contributed by atoms with Gasteiger partial charge in [0.05, 0.1) is 11.1 Å². The fourth-order valence-corrected chi connectivity index (χ4v) is 11.0. The van der Waals surface area contributed by atoms with E-state index in [1.807, 2.05) is 0 Å². The molecular weight excluding hydrogens is 687 g/mol. The Bertz CT molecular complexity index is 2720. The molecule has 0 N–H and O–H groups in total. The van der Waals surface area contributed by atoms with E-state index in [-0.39, 0.29) is 10.8 Å². The van der Waals surface area contributed by atoms with Crippen LogP contribution in [0, 0.1) is 0 Å². The number of hydrogen-bond donors (Lipinski definition) is 0. The van der Waals surface area contributed by atoms with E-state index >= 15 is 0 Å². The molecule has 1 heteroatoms. The molecule has 0 atom stereocenters. The maximum atomic E-state index is 2.58. The number of benzene rings is 7. The number of hydrogen-bond acceptors (Lipinski definition) is 1. The van der Waals surface area contributed by atoms with Crippen molar-refractivity contribution >= 4 is 16.9 Å². The topological polar surface area (TPSA) is 3.24 Å². The van der Waals surface area contributed by atoms with Gasteiger partial charge in [-0.1, -0.05) is 185 Å². The van der Waals surface area contributed by atoms with Gasteiger partial charge in [0.25, 0.3) is 0 Å². The molecule has 4 aliphatic carbocycles. The van der Waals surface area contributed by atoms with Crippen molar-refractivity contribution in [3.63, 3.8) is 0 Å². The minimum atomic E-state index is -0.461. The summed E-state index contributed by atoms with van der Waals surface area (Å²) in [6.07, 6.45) is 7.88. The molecule has 274 valence electrons. The van der Waals surface area contributed by atoms with Crippen molar-refractivity contribution in [3.8, 4) is 22.3 Å². The molecule has 4 aliphatic rings. The zero-order valence-electron chi connectivity index (χ0n) is 33.1. The lowest BCUT2D eigenvalue weighted by molar-refractivity contribution is 0.660. The lowest BCUT2D eigenvalue weighted by Gasteiger charge is -2.36. The van der Waals surface area contributed by atoms with Gasteiger partial charge in [-0.2, -0.15) is 0 Å². The summed E-state index contributed by atoms with van der Waals surface area (Å²) >= 11 is 0. The molecule has 0 unspecified atom stereocenters. The molecule has 0 bridgehead atoms. The van der Waals surface area contributed by atoms with E-state index in [1.54, 1.807) is 0 Å². The maximum absolute atomic E-state index is 2.58. The lowest BCUT2D eigenvalue weighted by Crippen LogP contribution is -2.30. The molecule has 0 fully saturated rings. The predicted octanol–water partition coefficient (Wildman–Crippen LogP) is 14.1. The van der Waals surface area contributed by atoms with Crippen LogP contribution >= 0.6 is 0 Å². The van der Waals surface area contributed by atoms with Crippen LogP contribution in [0.2, 0.25) is 0 Å². The second-order valence-corrected chi connectivity index (χ2v) is 17.2. The largest absolute Gasteiger partial charge is 0.310 e.